The van der Waals surface area contributed by atoms with Crippen LogP contribution in [0, 0.1) is 0 Å². The van der Waals surface area contributed by atoms with Crippen LogP contribution in [-0.4, -0.2) is 16.9 Å². The zero-order chi connectivity index (χ0) is 18.1. The number of H-pyrrole nitrogens is 1. The van der Waals surface area contributed by atoms with E-state index in [0.29, 0.717) is 22.5 Å². The zero-order valence-corrected chi connectivity index (χ0v) is 14.8. The smallest absolute Gasteiger partial charge is 0.255 e. The first kappa shape index (κ1) is 16.7. The first-order valence-corrected chi connectivity index (χ1v) is 8.93. The van der Waals surface area contributed by atoms with Gasteiger partial charge in [-0.25, -0.2) is 0 Å². The number of aromatic nitrogens is 1. The minimum atomic E-state index is -0.179. The molecule has 4 rings (SSSR count). The van der Waals surface area contributed by atoms with Gasteiger partial charge >= 0.3 is 0 Å². The van der Waals surface area contributed by atoms with Gasteiger partial charge in [-0.3, -0.25) is 20.0 Å². The molecule has 1 amide bonds. The molecule has 0 radical (unpaired) electrons. The SMILES string of the molecule is O=C(Cc1ccccc1)NN(c1cc2cc[nH]c(=O)c2cc1Cl)C1CC1. The zero-order valence-electron chi connectivity index (χ0n) is 14.0. The van der Waals surface area contributed by atoms with Gasteiger partial charge in [0.05, 0.1) is 23.2 Å². The Labute approximate surface area is 155 Å². The van der Waals surface area contributed by atoms with Crippen molar-refractivity contribution in [3.05, 3.63) is 75.7 Å². The Kier molecular flexibility index (Phi) is 4.39. The molecule has 0 bridgehead atoms. The molecule has 0 aliphatic heterocycles. The Hall–Kier alpha value is -2.79. The number of aromatic amines is 1. The van der Waals surface area contributed by atoms with Crippen LogP contribution in [0.3, 0.4) is 0 Å². The van der Waals surface area contributed by atoms with Crippen molar-refractivity contribution in [3.63, 3.8) is 0 Å². The number of nitrogens with one attached hydrogen (secondary N) is 2. The standard InChI is InChI=1S/C20H18ClN3O2/c21-17-12-16-14(8-9-22-20(16)26)11-18(17)24(15-6-7-15)23-19(25)10-13-4-2-1-3-5-13/h1-5,8-9,11-12,15H,6-7,10H2,(H,22,26)(H,23,25). The monoisotopic (exact) mass is 367 g/mol. The molecular formula is C20H18ClN3O2. The van der Waals surface area contributed by atoms with Gasteiger partial charge in [0.25, 0.3) is 5.56 Å². The summed E-state index contributed by atoms with van der Waals surface area (Å²) in [6.45, 7) is 0. The number of pyridine rings is 1. The van der Waals surface area contributed by atoms with E-state index in [1.54, 1.807) is 12.3 Å². The highest BCUT2D eigenvalue weighted by Crippen LogP contribution is 2.36. The molecular weight excluding hydrogens is 350 g/mol. The number of carbonyl (C=O) groups is 1. The fourth-order valence-electron chi connectivity index (χ4n) is 3.02. The summed E-state index contributed by atoms with van der Waals surface area (Å²) in [5.74, 6) is -0.0924. The maximum Gasteiger partial charge on any atom is 0.255 e. The highest BCUT2D eigenvalue weighted by Gasteiger charge is 2.32. The van der Waals surface area contributed by atoms with Crippen molar-refractivity contribution in [2.24, 2.45) is 0 Å². The molecule has 3 aromatic rings. The molecule has 1 fully saturated rings. The Morgan fingerprint density at radius 1 is 1.19 bits per heavy atom. The van der Waals surface area contributed by atoms with E-state index in [4.69, 9.17) is 11.6 Å². The second-order valence-electron chi connectivity index (χ2n) is 6.50. The predicted molar refractivity (Wildman–Crippen MR) is 103 cm³/mol. The lowest BCUT2D eigenvalue weighted by atomic mass is 10.1. The molecule has 1 saturated carbocycles. The summed E-state index contributed by atoms with van der Waals surface area (Å²) in [6.07, 6.45) is 3.90. The van der Waals surface area contributed by atoms with Crippen molar-refractivity contribution in [1.29, 1.82) is 0 Å². The van der Waals surface area contributed by atoms with Crippen LogP contribution in [0.15, 0.2) is 59.5 Å². The molecule has 0 spiro atoms. The van der Waals surface area contributed by atoms with E-state index in [1.807, 2.05) is 47.5 Å². The third kappa shape index (κ3) is 3.44. The molecule has 2 N–H and O–H groups in total. The molecule has 1 heterocycles. The molecule has 6 heteroatoms. The topological polar surface area (TPSA) is 65.2 Å². The third-order valence-electron chi connectivity index (χ3n) is 4.47. The van der Waals surface area contributed by atoms with Gasteiger partial charge in [0.1, 0.15) is 0 Å². The number of nitrogens with zero attached hydrogens (tertiary/aromatic N) is 1. The Morgan fingerprint density at radius 3 is 2.69 bits per heavy atom. The first-order valence-electron chi connectivity index (χ1n) is 8.55. The Bertz CT molecular complexity index is 1010. The second kappa shape index (κ2) is 6.84. The second-order valence-corrected chi connectivity index (χ2v) is 6.90. The summed E-state index contributed by atoms with van der Waals surface area (Å²) in [5, 5.41) is 3.61. The summed E-state index contributed by atoms with van der Waals surface area (Å²) in [6, 6.07) is 15.2. The van der Waals surface area contributed by atoms with Crippen molar-refractivity contribution in [3.8, 4) is 0 Å². The fraction of sp³-hybridized carbons (Fsp3) is 0.200. The Balaban J connectivity index is 1.63. The van der Waals surface area contributed by atoms with Crippen molar-refractivity contribution < 1.29 is 4.79 Å². The van der Waals surface area contributed by atoms with Crippen LogP contribution in [0.1, 0.15) is 18.4 Å². The van der Waals surface area contributed by atoms with E-state index < -0.39 is 0 Å². The van der Waals surface area contributed by atoms with Gasteiger partial charge in [0, 0.05) is 11.6 Å². The van der Waals surface area contributed by atoms with E-state index in [0.717, 1.165) is 23.8 Å². The number of fused-ring (bicyclic) bond motifs is 1. The summed E-state index contributed by atoms with van der Waals surface area (Å²) < 4.78 is 0. The summed E-state index contributed by atoms with van der Waals surface area (Å²) in [4.78, 5) is 27.1. The van der Waals surface area contributed by atoms with Crippen molar-refractivity contribution in [1.82, 2.24) is 10.4 Å². The average molecular weight is 368 g/mol. The number of rotatable bonds is 5. The first-order chi connectivity index (χ1) is 12.6. The van der Waals surface area contributed by atoms with E-state index in [1.165, 1.54) is 0 Å². The molecule has 0 atom stereocenters. The minimum absolute atomic E-state index is 0.0924. The van der Waals surface area contributed by atoms with Crippen LogP contribution < -0.4 is 16.0 Å². The van der Waals surface area contributed by atoms with Gasteiger partial charge in [0.2, 0.25) is 5.91 Å². The molecule has 1 aliphatic rings. The summed E-state index contributed by atoms with van der Waals surface area (Å²) in [7, 11) is 0. The molecule has 5 nitrogen and oxygen atoms in total. The van der Waals surface area contributed by atoms with Crippen LogP contribution in [0.25, 0.3) is 10.8 Å². The van der Waals surface area contributed by atoms with Gasteiger partial charge in [-0.05, 0) is 42.0 Å². The van der Waals surface area contributed by atoms with Gasteiger partial charge in [-0.2, -0.15) is 0 Å². The van der Waals surface area contributed by atoms with Crippen LogP contribution in [0.4, 0.5) is 5.69 Å². The lowest BCUT2D eigenvalue weighted by molar-refractivity contribution is -0.120. The van der Waals surface area contributed by atoms with Crippen molar-refractivity contribution >= 4 is 34.0 Å². The molecule has 0 saturated heterocycles. The lowest BCUT2D eigenvalue weighted by Gasteiger charge is -2.26. The quantitative estimate of drug-likeness (QED) is 0.679. The number of amides is 1. The van der Waals surface area contributed by atoms with Crippen LogP contribution in [-0.2, 0) is 11.2 Å². The number of halogens is 1. The van der Waals surface area contributed by atoms with E-state index >= 15 is 0 Å². The minimum Gasteiger partial charge on any atom is -0.329 e. The third-order valence-corrected chi connectivity index (χ3v) is 4.77. The molecule has 2 aromatic carbocycles. The maximum absolute atomic E-state index is 12.5. The van der Waals surface area contributed by atoms with E-state index in [9.17, 15) is 9.59 Å². The number of benzene rings is 2. The lowest BCUT2D eigenvalue weighted by Crippen LogP contribution is -2.44. The van der Waals surface area contributed by atoms with Crippen LogP contribution >= 0.6 is 11.6 Å². The normalized spacial score (nSPS) is 13.6. The molecule has 0 unspecified atom stereocenters. The number of hydrogen-bond donors (Lipinski definition) is 2. The molecule has 1 aliphatic carbocycles. The van der Waals surface area contributed by atoms with E-state index in [-0.39, 0.29) is 17.5 Å². The van der Waals surface area contributed by atoms with Gasteiger partial charge in [0.15, 0.2) is 0 Å². The predicted octanol–water partition coefficient (Wildman–Crippen LogP) is 3.42. The largest absolute Gasteiger partial charge is 0.329 e. The van der Waals surface area contributed by atoms with Gasteiger partial charge < -0.3 is 4.98 Å². The fourth-order valence-corrected chi connectivity index (χ4v) is 3.27. The maximum atomic E-state index is 12.5. The van der Waals surface area contributed by atoms with E-state index in [2.05, 4.69) is 10.4 Å². The van der Waals surface area contributed by atoms with Crippen LogP contribution in [0.2, 0.25) is 5.02 Å². The van der Waals surface area contributed by atoms with Crippen molar-refractivity contribution in [2.75, 3.05) is 5.01 Å². The van der Waals surface area contributed by atoms with Crippen LogP contribution in [0.5, 0.6) is 0 Å². The number of hydrogen-bond acceptors (Lipinski definition) is 3. The van der Waals surface area contributed by atoms with Gasteiger partial charge in [-0.1, -0.05) is 41.9 Å². The Morgan fingerprint density at radius 2 is 1.96 bits per heavy atom. The highest BCUT2D eigenvalue weighted by molar-refractivity contribution is 6.34. The highest BCUT2D eigenvalue weighted by atomic mass is 35.5. The molecule has 26 heavy (non-hydrogen) atoms. The summed E-state index contributed by atoms with van der Waals surface area (Å²) in [5.41, 5.74) is 4.48. The average Bonchev–Trinajstić information content (AvgIpc) is 3.46. The molecule has 132 valence electrons. The van der Waals surface area contributed by atoms with Gasteiger partial charge in [-0.15, -0.1) is 0 Å². The number of anilines is 1. The number of carbonyl (C=O) groups excluding carboxylic acids is 1. The number of hydrazine groups is 1. The van der Waals surface area contributed by atoms with Crippen molar-refractivity contribution in [2.45, 2.75) is 25.3 Å². The molecule has 1 aromatic heterocycles. The summed E-state index contributed by atoms with van der Waals surface area (Å²) >= 11 is 6.44.